The van der Waals surface area contributed by atoms with Crippen LogP contribution in [0.3, 0.4) is 0 Å². The van der Waals surface area contributed by atoms with Crippen molar-refractivity contribution in [2.75, 3.05) is 13.1 Å². The van der Waals surface area contributed by atoms with Gasteiger partial charge in [-0.2, -0.15) is 0 Å². The highest BCUT2D eigenvalue weighted by atomic mass is 32.1. The van der Waals surface area contributed by atoms with Crippen molar-refractivity contribution in [3.63, 3.8) is 0 Å². The van der Waals surface area contributed by atoms with Crippen LogP contribution in [0.15, 0.2) is 0 Å². The number of aromatic nitrogens is 1. The minimum Gasteiger partial charge on any atom is -0.311 e. The first-order chi connectivity index (χ1) is 9.67. The Bertz CT molecular complexity index is 433. The van der Waals surface area contributed by atoms with E-state index >= 15 is 0 Å². The minimum atomic E-state index is 0.694. The summed E-state index contributed by atoms with van der Waals surface area (Å²) in [6, 6.07) is 1.42. The lowest BCUT2D eigenvalue weighted by Gasteiger charge is -2.40. The third-order valence-corrected chi connectivity index (χ3v) is 5.84. The Morgan fingerprint density at radius 1 is 1.35 bits per heavy atom. The fraction of sp³-hybridized carbons (Fsp3) is 0.812. The smallest absolute Gasteiger partial charge is 0.107 e. The van der Waals surface area contributed by atoms with E-state index < -0.39 is 0 Å². The molecule has 1 aliphatic carbocycles. The van der Waals surface area contributed by atoms with Crippen molar-refractivity contribution in [1.82, 2.24) is 15.2 Å². The molecule has 1 aliphatic heterocycles. The molecule has 0 spiro atoms. The van der Waals surface area contributed by atoms with Crippen molar-refractivity contribution in [3.05, 3.63) is 15.6 Å². The topological polar surface area (TPSA) is 28.2 Å². The second-order valence-electron chi connectivity index (χ2n) is 6.47. The number of hydrogen-bond acceptors (Lipinski definition) is 4. The van der Waals surface area contributed by atoms with Gasteiger partial charge in [-0.25, -0.2) is 4.98 Å². The monoisotopic (exact) mass is 293 g/mol. The summed E-state index contributed by atoms with van der Waals surface area (Å²) in [6.45, 7) is 10.0. The average Bonchev–Trinajstić information content (AvgIpc) is 3.20. The summed E-state index contributed by atoms with van der Waals surface area (Å²) in [7, 11) is 0. The van der Waals surface area contributed by atoms with E-state index in [0.717, 1.165) is 18.5 Å². The van der Waals surface area contributed by atoms with Gasteiger partial charge in [0.1, 0.15) is 5.01 Å². The Balaban J connectivity index is 1.67. The fourth-order valence-corrected chi connectivity index (χ4v) is 4.25. The van der Waals surface area contributed by atoms with Gasteiger partial charge < -0.3 is 5.32 Å². The van der Waals surface area contributed by atoms with Gasteiger partial charge in [-0.3, -0.25) is 4.90 Å². The summed E-state index contributed by atoms with van der Waals surface area (Å²) in [5, 5.41) is 5.09. The Hall–Kier alpha value is -0.450. The molecule has 2 fully saturated rings. The van der Waals surface area contributed by atoms with Gasteiger partial charge in [0, 0.05) is 30.1 Å². The molecule has 3 nitrogen and oxygen atoms in total. The lowest BCUT2D eigenvalue weighted by molar-refractivity contribution is 0.108. The molecule has 112 valence electrons. The molecule has 0 bridgehead atoms. The molecule has 1 aromatic heterocycles. The summed E-state index contributed by atoms with van der Waals surface area (Å²) in [6.07, 6.45) is 5.43. The second kappa shape index (κ2) is 6.12. The zero-order valence-corrected chi connectivity index (χ0v) is 13.8. The normalized spacial score (nSPS) is 27.9. The summed E-state index contributed by atoms with van der Waals surface area (Å²) in [4.78, 5) is 8.81. The van der Waals surface area contributed by atoms with Crippen molar-refractivity contribution in [2.24, 2.45) is 5.92 Å². The highest BCUT2D eigenvalue weighted by Gasteiger charge is 2.37. The molecular formula is C16H27N3S. The molecule has 2 heterocycles. The quantitative estimate of drug-likeness (QED) is 0.904. The molecule has 1 saturated heterocycles. The minimum absolute atomic E-state index is 0.694. The molecule has 1 saturated carbocycles. The molecule has 0 amide bonds. The maximum absolute atomic E-state index is 4.74. The predicted octanol–water partition coefficient (Wildman–Crippen LogP) is 3.11. The number of rotatable bonds is 5. The van der Waals surface area contributed by atoms with E-state index in [1.54, 1.807) is 0 Å². The van der Waals surface area contributed by atoms with Gasteiger partial charge in [-0.1, -0.05) is 13.3 Å². The van der Waals surface area contributed by atoms with Gasteiger partial charge in [0.2, 0.25) is 0 Å². The van der Waals surface area contributed by atoms with Crippen LogP contribution in [-0.2, 0) is 6.54 Å². The van der Waals surface area contributed by atoms with Gasteiger partial charge in [0.05, 0.1) is 12.2 Å². The van der Waals surface area contributed by atoms with Crippen LogP contribution in [0.5, 0.6) is 0 Å². The molecule has 2 aliphatic rings. The Labute approximate surface area is 126 Å². The number of aryl methyl sites for hydroxylation is 2. The van der Waals surface area contributed by atoms with Crippen molar-refractivity contribution in [2.45, 2.75) is 65.1 Å². The molecule has 2 unspecified atom stereocenters. The molecule has 1 aromatic rings. The van der Waals surface area contributed by atoms with Gasteiger partial charge in [-0.05, 0) is 39.0 Å². The third-order valence-electron chi connectivity index (χ3n) is 4.79. The highest BCUT2D eigenvalue weighted by molar-refractivity contribution is 7.11. The van der Waals surface area contributed by atoms with Gasteiger partial charge in [0.15, 0.2) is 0 Å². The summed E-state index contributed by atoms with van der Waals surface area (Å²) < 4.78 is 0. The molecule has 0 aromatic carbocycles. The number of nitrogens with zero attached hydrogens (tertiary/aromatic N) is 2. The fourth-order valence-electron chi connectivity index (χ4n) is 3.29. The first-order valence-electron chi connectivity index (χ1n) is 8.07. The van der Waals surface area contributed by atoms with E-state index in [1.807, 2.05) is 11.3 Å². The number of hydrogen-bond donors (Lipinski definition) is 1. The number of nitrogens with one attached hydrogen (secondary N) is 1. The zero-order chi connectivity index (χ0) is 14.1. The first kappa shape index (κ1) is 14.5. The number of thiazole rings is 1. The molecule has 4 heteroatoms. The lowest BCUT2D eigenvalue weighted by Crippen LogP contribution is -2.56. The molecule has 3 rings (SSSR count). The molecule has 2 atom stereocenters. The predicted molar refractivity (Wildman–Crippen MR) is 85.2 cm³/mol. The van der Waals surface area contributed by atoms with Gasteiger partial charge in [0.25, 0.3) is 0 Å². The molecule has 1 N–H and O–H groups in total. The lowest BCUT2D eigenvalue weighted by atomic mass is 10.0. The van der Waals surface area contributed by atoms with Gasteiger partial charge in [-0.15, -0.1) is 11.3 Å². The summed E-state index contributed by atoms with van der Waals surface area (Å²) in [5.41, 5.74) is 1.21. The Morgan fingerprint density at radius 3 is 2.75 bits per heavy atom. The van der Waals surface area contributed by atoms with Crippen LogP contribution in [-0.4, -0.2) is 35.1 Å². The van der Waals surface area contributed by atoms with Crippen LogP contribution >= 0.6 is 11.3 Å². The maximum Gasteiger partial charge on any atom is 0.107 e. The molecular weight excluding hydrogens is 266 g/mol. The Kier molecular flexibility index (Phi) is 4.43. The van der Waals surface area contributed by atoms with E-state index in [2.05, 4.69) is 31.0 Å². The summed E-state index contributed by atoms with van der Waals surface area (Å²) in [5.74, 6) is 0.944. The number of piperazine rings is 1. The van der Waals surface area contributed by atoms with Crippen molar-refractivity contribution in [1.29, 1.82) is 0 Å². The Morgan fingerprint density at radius 2 is 2.15 bits per heavy atom. The third kappa shape index (κ3) is 3.23. The van der Waals surface area contributed by atoms with Crippen molar-refractivity contribution in [3.8, 4) is 0 Å². The maximum atomic E-state index is 4.74. The van der Waals surface area contributed by atoms with E-state index in [4.69, 9.17) is 4.98 Å². The molecule has 20 heavy (non-hydrogen) atoms. The van der Waals surface area contributed by atoms with E-state index in [-0.39, 0.29) is 0 Å². The SMILES string of the molecule is CCCC1CNC(C2CC2)CN1Cc1nc(C)c(C)s1. The van der Waals surface area contributed by atoms with Gasteiger partial charge >= 0.3 is 0 Å². The first-order valence-corrected chi connectivity index (χ1v) is 8.89. The summed E-state index contributed by atoms with van der Waals surface area (Å²) >= 11 is 1.88. The zero-order valence-electron chi connectivity index (χ0n) is 13.0. The van der Waals surface area contributed by atoms with Crippen LogP contribution in [0.2, 0.25) is 0 Å². The van der Waals surface area contributed by atoms with E-state index in [1.165, 1.54) is 54.4 Å². The van der Waals surface area contributed by atoms with E-state index in [0.29, 0.717) is 6.04 Å². The molecule has 0 radical (unpaired) electrons. The van der Waals surface area contributed by atoms with Crippen molar-refractivity contribution >= 4 is 11.3 Å². The second-order valence-corrected chi connectivity index (χ2v) is 7.76. The van der Waals surface area contributed by atoms with E-state index in [9.17, 15) is 0 Å². The highest BCUT2D eigenvalue weighted by Crippen LogP contribution is 2.35. The van der Waals surface area contributed by atoms with Crippen LogP contribution in [0.1, 0.15) is 48.2 Å². The average molecular weight is 293 g/mol. The van der Waals surface area contributed by atoms with Crippen LogP contribution in [0.4, 0.5) is 0 Å². The van der Waals surface area contributed by atoms with Crippen molar-refractivity contribution < 1.29 is 0 Å². The van der Waals surface area contributed by atoms with Crippen LogP contribution in [0, 0.1) is 19.8 Å². The standard InChI is InChI=1S/C16H27N3S/c1-4-5-14-8-17-15(13-6-7-13)9-19(14)10-16-18-11(2)12(3)20-16/h13-15,17H,4-10H2,1-3H3. The van der Waals surface area contributed by atoms with Crippen LogP contribution < -0.4 is 5.32 Å². The van der Waals surface area contributed by atoms with Crippen LogP contribution in [0.25, 0.3) is 0 Å². The largest absolute Gasteiger partial charge is 0.311 e.